The average molecular weight is 515 g/mol. The van der Waals surface area contributed by atoms with Crippen LogP contribution in [-0.2, 0) is 34.2 Å². The summed E-state index contributed by atoms with van der Waals surface area (Å²) in [4.78, 5) is 13.5. The van der Waals surface area contributed by atoms with Crippen molar-refractivity contribution in [3.8, 4) is 5.75 Å². The first-order valence-electron chi connectivity index (χ1n) is 11.4. The third kappa shape index (κ3) is 7.68. The number of carboxylic acid groups (broad SMARTS) is 1. The molecule has 1 atom stereocenters. The maximum absolute atomic E-state index is 13.0. The fourth-order valence-electron chi connectivity index (χ4n) is 4.17. The number of nitrogens with one attached hydrogen (secondary N) is 1. The number of alkyl halides is 3. The van der Waals surface area contributed by atoms with Crippen LogP contribution in [-0.4, -0.2) is 50.4 Å². The van der Waals surface area contributed by atoms with E-state index in [1.54, 1.807) is 24.3 Å². The number of unbranched alkanes of at least 4 members (excludes halogenated alkanes) is 1. The van der Waals surface area contributed by atoms with Gasteiger partial charge in [0.1, 0.15) is 5.75 Å². The molecule has 35 heavy (non-hydrogen) atoms. The van der Waals surface area contributed by atoms with E-state index >= 15 is 0 Å². The number of carboxylic acids is 1. The molecule has 3 rings (SSSR count). The van der Waals surface area contributed by atoms with E-state index in [1.165, 1.54) is 18.2 Å². The first-order valence-corrected chi connectivity index (χ1v) is 12.9. The number of hydrogen-bond donors (Lipinski definition) is 2. The molecule has 0 aliphatic heterocycles. The Morgan fingerprint density at radius 1 is 1.14 bits per heavy atom. The van der Waals surface area contributed by atoms with Gasteiger partial charge in [0, 0.05) is 19.6 Å². The topological polar surface area (TPSA) is 95.9 Å². The Labute approximate surface area is 202 Å². The predicted molar refractivity (Wildman–Crippen MR) is 123 cm³/mol. The summed E-state index contributed by atoms with van der Waals surface area (Å²) in [6.07, 6.45) is -2.45. The maximum Gasteiger partial charge on any atom is 0.573 e. The van der Waals surface area contributed by atoms with Gasteiger partial charge in [0.2, 0.25) is 10.0 Å². The Morgan fingerprint density at radius 3 is 2.49 bits per heavy atom. The smallest absolute Gasteiger partial charge is 0.481 e. The summed E-state index contributed by atoms with van der Waals surface area (Å²) in [7, 11) is -3.84. The minimum Gasteiger partial charge on any atom is -0.481 e. The van der Waals surface area contributed by atoms with Crippen LogP contribution in [0.25, 0.3) is 0 Å². The van der Waals surface area contributed by atoms with E-state index in [1.807, 2.05) is 11.8 Å². The monoisotopic (exact) mass is 514 g/mol. The lowest BCUT2D eigenvalue weighted by atomic mass is 10.1. The molecule has 0 saturated heterocycles. The highest BCUT2D eigenvalue weighted by molar-refractivity contribution is 7.89. The normalized spacial score (nSPS) is 15.9. The molecule has 7 nitrogen and oxygen atoms in total. The van der Waals surface area contributed by atoms with E-state index in [2.05, 4.69) is 9.46 Å². The van der Waals surface area contributed by atoms with E-state index < -0.39 is 28.3 Å². The van der Waals surface area contributed by atoms with Gasteiger partial charge in [-0.05, 0) is 60.7 Å². The summed E-state index contributed by atoms with van der Waals surface area (Å²) >= 11 is 0. The number of carbonyl (C=O) groups is 1. The molecule has 0 spiro atoms. The fourth-order valence-corrected chi connectivity index (χ4v) is 5.48. The van der Waals surface area contributed by atoms with Crippen molar-refractivity contribution in [2.75, 3.05) is 19.6 Å². The van der Waals surface area contributed by atoms with E-state index in [9.17, 15) is 31.5 Å². The van der Waals surface area contributed by atoms with Crippen molar-refractivity contribution < 1.29 is 36.2 Å². The van der Waals surface area contributed by atoms with Gasteiger partial charge in [-0.25, -0.2) is 13.1 Å². The SMILES string of the molecule is CCCCN(CCNS(=O)(=O)c1cccc2c1CC(C(=O)O)C2)Cc1ccc(OC(F)(F)F)cc1. The Hall–Kier alpha value is -2.63. The lowest BCUT2D eigenvalue weighted by Gasteiger charge is -2.23. The van der Waals surface area contributed by atoms with E-state index in [0.717, 1.165) is 24.0 Å². The zero-order valence-electron chi connectivity index (χ0n) is 19.3. The number of nitrogens with zero attached hydrogens (tertiary/aromatic N) is 1. The first-order chi connectivity index (χ1) is 16.5. The number of sulfonamides is 1. The molecule has 0 aromatic heterocycles. The van der Waals surface area contributed by atoms with Gasteiger partial charge >= 0.3 is 12.3 Å². The van der Waals surface area contributed by atoms with Gasteiger partial charge in [-0.1, -0.05) is 37.6 Å². The lowest BCUT2D eigenvalue weighted by molar-refractivity contribution is -0.274. The van der Waals surface area contributed by atoms with Gasteiger partial charge in [0.15, 0.2) is 0 Å². The number of fused-ring (bicyclic) bond motifs is 1. The summed E-state index contributed by atoms with van der Waals surface area (Å²) in [6, 6.07) is 10.5. The molecule has 0 bridgehead atoms. The molecule has 2 N–H and O–H groups in total. The third-order valence-electron chi connectivity index (χ3n) is 5.90. The second kappa shape index (κ2) is 11.4. The second-order valence-corrected chi connectivity index (χ2v) is 10.3. The molecule has 1 aliphatic rings. The van der Waals surface area contributed by atoms with Gasteiger partial charge in [0.25, 0.3) is 0 Å². The lowest BCUT2D eigenvalue weighted by Crippen LogP contribution is -2.35. The summed E-state index contributed by atoms with van der Waals surface area (Å²) < 4.78 is 69.6. The molecule has 1 unspecified atom stereocenters. The molecular formula is C24H29F3N2O5S. The van der Waals surface area contributed by atoms with Crippen molar-refractivity contribution in [3.05, 3.63) is 59.2 Å². The number of aliphatic carboxylic acids is 1. The predicted octanol–water partition coefficient (Wildman–Crippen LogP) is 3.97. The highest BCUT2D eigenvalue weighted by Crippen LogP contribution is 2.32. The van der Waals surface area contributed by atoms with Gasteiger partial charge in [-0.15, -0.1) is 13.2 Å². The van der Waals surface area contributed by atoms with Crippen LogP contribution in [0.3, 0.4) is 0 Å². The molecule has 0 fully saturated rings. The number of ether oxygens (including phenoxy) is 1. The molecule has 0 radical (unpaired) electrons. The summed E-state index contributed by atoms with van der Waals surface area (Å²) in [6.45, 7) is 3.69. The van der Waals surface area contributed by atoms with Gasteiger partial charge in [0.05, 0.1) is 10.8 Å². The quantitative estimate of drug-likeness (QED) is 0.445. The largest absolute Gasteiger partial charge is 0.573 e. The molecular weight excluding hydrogens is 485 g/mol. The number of rotatable bonds is 12. The average Bonchev–Trinajstić information content (AvgIpc) is 3.22. The molecule has 11 heteroatoms. The highest BCUT2D eigenvalue weighted by atomic mass is 32.2. The van der Waals surface area contributed by atoms with Crippen LogP contribution < -0.4 is 9.46 Å². The molecule has 2 aromatic carbocycles. The molecule has 0 amide bonds. The minimum absolute atomic E-state index is 0.110. The third-order valence-corrected chi connectivity index (χ3v) is 7.44. The van der Waals surface area contributed by atoms with Crippen molar-refractivity contribution in [2.45, 2.75) is 50.4 Å². The summed E-state index contributed by atoms with van der Waals surface area (Å²) in [5.74, 6) is -1.87. The van der Waals surface area contributed by atoms with Crippen LogP contribution in [0.5, 0.6) is 5.75 Å². The first kappa shape index (κ1) is 27.0. The Kier molecular flexibility index (Phi) is 8.79. The minimum atomic E-state index is -4.75. The van der Waals surface area contributed by atoms with E-state index in [4.69, 9.17) is 0 Å². The summed E-state index contributed by atoms with van der Waals surface area (Å²) in [5, 5.41) is 9.31. The van der Waals surface area contributed by atoms with E-state index in [0.29, 0.717) is 31.6 Å². The molecule has 192 valence electrons. The van der Waals surface area contributed by atoms with Gasteiger partial charge in [-0.2, -0.15) is 0 Å². The molecule has 0 saturated carbocycles. The van der Waals surface area contributed by atoms with Gasteiger partial charge < -0.3 is 9.84 Å². The van der Waals surface area contributed by atoms with Crippen molar-refractivity contribution >= 4 is 16.0 Å². The maximum atomic E-state index is 13.0. The van der Waals surface area contributed by atoms with Crippen LogP contribution in [0.2, 0.25) is 0 Å². The van der Waals surface area contributed by atoms with Crippen LogP contribution in [0, 0.1) is 5.92 Å². The summed E-state index contributed by atoms with van der Waals surface area (Å²) in [5.41, 5.74) is 2.07. The fraction of sp³-hybridized carbons (Fsp3) is 0.458. The van der Waals surface area contributed by atoms with Crippen molar-refractivity contribution in [2.24, 2.45) is 5.92 Å². The number of hydrogen-bond acceptors (Lipinski definition) is 5. The Morgan fingerprint density at radius 2 is 1.86 bits per heavy atom. The number of benzene rings is 2. The second-order valence-electron chi connectivity index (χ2n) is 8.56. The molecule has 1 aliphatic carbocycles. The zero-order chi connectivity index (χ0) is 25.6. The van der Waals surface area contributed by atoms with Crippen LogP contribution in [0.1, 0.15) is 36.5 Å². The van der Waals surface area contributed by atoms with Gasteiger partial charge in [-0.3, -0.25) is 9.69 Å². The standard InChI is InChI=1S/C24H29F3N2O5S/c1-2-3-12-29(16-17-7-9-20(10-8-17)34-24(25,26)27)13-11-28-35(32,33)22-6-4-5-18-14-19(23(30)31)15-21(18)22/h4-10,19,28H,2-3,11-16H2,1H3,(H,30,31). The number of halogens is 3. The van der Waals surface area contributed by atoms with E-state index in [-0.39, 0.29) is 23.6 Å². The Balaban J connectivity index is 1.62. The molecule has 0 heterocycles. The van der Waals surface area contributed by atoms with Crippen LogP contribution >= 0.6 is 0 Å². The van der Waals surface area contributed by atoms with Crippen LogP contribution in [0.15, 0.2) is 47.4 Å². The highest BCUT2D eigenvalue weighted by Gasteiger charge is 2.32. The zero-order valence-corrected chi connectivity index (χ0v) is 20.2. The van der Waals surface area contributed by atoms with Crippen molar-refractivity contribution in [1.29, 1.82) is 0 Å². The van der Waals surface area contributed by atoms with Crippen molar-refractivity contribution in [3.63, 3.8) is 0 Å². The van der Waals surface area contributed by atoms with Crippen LogP contribution in [0.4, 0.5) is 13.2 Å². The van der Waals surface area contributed by atoms with Crippen molar-refractivity contribution in [1.82, 2.24) is 9.62 Å². The molecule has 2 aromatic rings. The Bertz CT molecular complexity index is 1120.